The van der Waals surface area contributed by atoms with E-state index in [-0.39, 0.29) is 23.5 Å². The number of rotatable bonds is 9. The summed E-state index contributed by atoms with van der Waals surface area (Å²) in [6, 6.07) is 31.4. The molecule has 4 aromatic carbocycles. The van der Waals surface area contributed by atoms with Gasteiger partial charge in [0.25, 0.3) is 15.9 Å². The minimum Gasteiger partial charge on any atom is -0.491 e. The molecule has 6 nitrogen and oxygen atoms in total. The van der Waals surface area contributed by atoms with Crippen LogP contribution in [0, 0.1) is 0 Å². The summed E-state index contributed by atoms with van der Waals surface area (Å²) in [6.45, 7) is 4.03. The Balaban J connectivity index is 1.51. The van der Waals surface area contributed by atoms with Crippen molar-refractivity contribution in [2.75, 3.05) is 9.62 Å². The highest BCUT2D eigenvalue weighted by Gasteiger charge is 2.25. The molecule has 7 heteroatoms. The average molecular weight is 501 g/mol. The molecule has 0 unspecified atom stereocenters. The van der Waals surface area contributed by atoms with Crippen molar-refractivity contribution in [3.05, 3.63) is 120 Å². The van der Waals surface area contributed by atoms with E-state index in [2.05, 4.69) is 5.32 Å². The van der Waals surface area contributed by atoms with Gasteiger partial charge >= 0.3 is 0 Å². The van der Waals surface area contributed by atoms with Crippen molar-refractivity contribution in [3.63, 3.8) is 0 Å². The van der Waals surface area contributed by atoms with Crippen LogP contribution in [-0.2, 0) is 16.6 Å². The molecule has 36 heavy (non-hydrogen) atoms. The Morgan fingerprint density at radius 1 is 0.806 bits per heavy atom. The fourth-order valence-electron chi connectivity index (χ4n) is 3.65. The molecule has 0 aliphatic heterocycles. The number of ether oxygens (including phenoxy) is 1. The summed E-state index contributed by atoms with van der Waals surface area (Å²) >= 11 is 0. The zero-order chi connectivity index (χ0) is 25.5. The fraction of sp³-hybridized carbons (Fsp3) is 0.138. The van der Waals surface area contributed by atoms with Gasteiger partial charge in [-0.1, -0.05) is 48.5 Å². The lowest BCUT2D eigenvalue weighted by molar-refractivity contribution is 0.102. The summed E-state index contributed by atoms with van der Waals surface area (Å²) in [7, 11) is -3.79. The number of amides is 1. The lowest BCUT2D eigenvalue weighted by atomic mass is 10.1. The molecule has 0 spiro atoms. The van der Waals surface area contributed by atoms with E-state index in [4.69, 9.17) is 4.74 Å². The number of anilines is 2. The fourth-order valence-corrected chi connectivity index (χ4v) is 5.12. The minimum atomic E-state index is -3.79. The number of sulfonamides is 1. The predicted molar refractivity (Wildman–Crippen MR) is 143 cm³/mol. The molecule has 0 aromatic heterocycles. The van der Waals surface area contributed by atoms with E-state index in [9.17, 15) is 13.2 Å². The molecule has 0 heterocycles. The van der Waals surface area contributed by atoms with Gasteiger partial charge in [-0.05, 0) is 80.1 Å². The molecule has 4 aromatic rings. The number of hydrogen-bond acceptors (Lipinski definition) is 4. The molecule has 0 bridgehead atoms. The second kappa shape index (κ2) is 11.1. The Labute approximate surface area is 212 Å². The van der Waals surface area contributed by atoms with Gasteiger partial charge in [-0.15, -0.1) is 0 Å². The van der Waals surface area contributed by atoms with Crippen LogP contribution in [0.2, 0.25) is 0 Å². The zero-order valence-electron chi connectivity index (χ0n) is 20.2. The zero-order valence-corrected chi connectivity index (χ0v) is 21.0. The second-order valence-electron chi connectivity index (χ2n) is 8.50. The van der Waals surface area contributed by atoms with Crippen LogP contribution in [0.15, 0.2) is 114 Å². The third-order valence-electron chi connectivity index (χ3n) is 5.40. The Bertz CT molecular complexity index is 1390. The Morgan fingerprint density at radius 2 is 1.39 bits per heavy atom. The van der Waals surface area contributed by atoms with Gasteiger partial charge < -0.3 is 10.1 Å². The largest absolute Gasteiger partial charge is 0.491 e. The number of carbonyl (C=O) groups excluding carboxylic acids is 1. The smallest absolute Gasteiger partial charge is 0.264 e. The van der Waals surface area contributed by atoms with E-state index >= 15 is 0 Å². The Morgan fingerprint density at radius 3 is 1.97 bits per heavy atom. The topological polar surface area (TPSA) is 75.7 Å². The third-order valence-corrected chi connectivity index (χ3v) is 7.19. The normalized spacial score (nSPS) is 11.2. The quantitative estimate of drug-likeness (QED) is 0.300. The summed E-state index contributed by atoms with van der Waals surface area (Å²) in [4.78, 5) is 12.9. The van der Waals surface area contributed by atoms with E-state index in [0.717, 1.165) is 11.3 Å². The number of benzene rings is 4. The molecule has 1 amide bonds. The van der Waals surface area contributed by atoms with Gasteiger partial charge in [0.1, 0.15) is 5.75 Å². The van der Waals surface area contributed by atoms with Crippen molar-refractivity contribution in [2.45, 2.75) is 31.4 Å². The first-order chi connectivity index (χ1) is 17.3. The predicted octanol–water partition coefficient (Wildman–Crippen LogP) is 6.12. The average Bonchev–Trinajstić information content (AvgIpc) is 2.89. The van der Waals surface area contributed by atoms with Crippen LogP contribution in [0.5, 0.6) is 5.75 Å². The lowest BCUT2D eigenvalue weighted by Crippen LogP contribution is -2.30. The number of hydrogen-bond donors (Lipinski definition) is 1. The highest BCUT2D eigenvalue weighted by molar-refractivity contribution is 7.92. The van der Waals surface area contributed by atoms with Crippen molar-refractivity contribution >= 4 is 27.3 Å². The van der Waals surface area contributed by atoms with Crippen LogP contribution >= 0.6 is 0 Å². The lowest BCUT2D eigenvalue weighted by Gasteiger charge is -2.25. The van der Waals surface area contributed by atoms with Crippen molar-refractivity contribution in [1.82, 2.24) is 0 Å². The number of nitrogens with one attached hydrogen (secondary N) is 1. The van der Waals surface area contributed by atoms with Gasteiger partial charge in [-0.25, -0.2) is 8.42 Å². The first-order valence-corrected chi connectivity index (χ1v) is 13.1. The number of carbonyl (C=O) groups is 1. The molecule has 0 fully saturated rings. The van der Waals surface area contributed by atoms with Crippen molar-refractivity contribution in [3.8, 4) is 5.75 Å². The van der Waals surface area contributed by atoms with Crippen LogP contribution in [-0.4, -0.2) is 20.4 Å². The van der Waals surface area contributed by atoms with Crippen LogP contribution < -0.4 is 14.4 Å². The van der Waals surface area contributed by atoms with E-state index < -0.39 is 10.0 Å². The number of para-hydroxylation sites is 1. The van der Waals surface area contributed by atoms with Crippen LogP contribution in [0.1, 0.15) is 29.8 Å². The van der Waals surface area contributed by atoms with Crippen LogP contribution in [0.4, 0.5) is 11.4 Å². The van der Waals surface area contributed by atoms with Crippen LogP contribution in [0.3, 0.4) is 0 Å². The molecule has 0 radical (unpaired) electrons. The van der Waals surface area contributed by atoms with Gasteiger partial charge in [0.05, 0.1) is 23.2 Å². The molecule has 4 rings (SSSR count). The molecule has 0 aliphatic rings. The van der Waals surface area contributed by atoms with Gasteiger partial charge in [0.2, 0.25) is 0 Å². The van der Waals surface area contributed by atoms with Crippen LogP contribution in [0.25, 0.3) is 0 Å². The SMILES string of the molecule is CC(C)Oc1ccc(NC(=O)c2ccc(CN(c3ccccc3)S(=O)(=O)c3ccccc3)cc2)cc1. The number of nitrogens with zero attached hydrogens (tertiary/aromatic N) is 1. The molecule has 0 aliphatic carbocycles. The van der Waals surface area contributed by atoms with E-state index in [0.29, 0.717) is 16.9 Å². The van der Waals surface area contributed by atoms with Gasteiger partial charge in [-0.3, -0.25) is 9.10 Å². The third kappa shape index (κ3) is 6.12. The molecular weight excluding hydrogens is 472 g/mol. The summed E-state index contributed by atoms with van der Waals surface area (Å²) in [5.41, 5.74) is 2.45. The maximum atomic E-state index is 13.5. The maximum absolute atomic E-state index is 13.5. The van der Waals surface area contributed by atoms with Gasteiger partial charge in [-0.2, -0.15) is 0 Å². The van der Waals surface area contributed by atoms with Crippen molar-refractivity contribution < 1.29 is 17.9 Å². The summed E-state index contributed by atoms with van der Waals surface area (Å²) in [5, 5.41) is 2.87. The molecule has 0 atom stereocenters. The molecular formula is C29H28N2O4S. The first-order valence-electron chi connectivity index (χ1n) is 11.6. The van der Waals surface area contributed by atoms with E-state index in [1.165, 1.54) is 4.31 Å². The summed E-state index contributed by atoms with van der Waals surface area (Å²) < 4.78 is 33.9. The Kier molecular flexibility index (Phi) is 7.71. The monoisotopic (exact) mass is 500 g/mol. The van der Waals surface area contributed by atoms with E-state index in [1.54, 1.807) is 91.0 Å². The molecule has 184 valence electrons. The minimum absolute atomic E-state index is 0.0736. The Hall–Kier alpha value is -4.10. The molecule has 0 saturated heterocycles. The highest BCUT2D eigenvalue weighted by atomic mass is 32.2. The van der Waals surface area contributed by atoms with E-state index in [1.807, 2.05) is 32.0 Å². The van der Waals surface area contributed by atoms with Gasteiger partial charge in [0, 0.05) is 11.3 Å². The van der Waals surface area contributed by atoms with Gasteiger partial charge in [0.15, 0.2) is 0 Å². The maximum Gasteiger partial charge on any atom is 0.264 e. The second-order valence-corrected chi connectivity index (χ2v) is 10.4. The first kappa shape index (κ1) is 25.0. The van der Waals surface area contributed by atoms with Crippen molar-refractivity contribution in [2.24, 2.45) is 0 Å². The highest BCUT2D eigenvalue weighted by Crippen LogP contribution is 2.26. The van der Waals surface area contributed by atoms with Crippen molar-refractivity contribution in [1.29, 1.82) is 0 Å². The standard InChI is InChI=1S/C29H28N2O4S/c1-22(2)35-27-19-17-25(18-20-27)30-29(32)24-15-13-23(14-16-24)21-31(26-9-5-3-6-10-26)36(33,34)28-11-7-4-8-12-28/h3-20,22H,21H2,1-2H3,(H,30,32). The summed E-state index contributed by atoms with van der Waals surface area (Å²) in [5.74, 6) is 0.483. The summed E-state index contributed by atoms with van der Waals surface area (Å²) in [6.07, 6.45) is 0.0736. The molecule has 1 N–H and O–H groups in total. The molecule has 0 saturated carbocycles.